The number of ketones is 5. The lowest BCUT2D eigenvalue weighted by molar-refractivity contribution is -0.117. The number of allylic oxidation sites excluding steroid dienone is 36. The van der Waals surface area contributed by atoms with Gasteiger partial charge in [0.05, 0.1) is 17.9 Å². The second-order valence-electron chi connectivity index (χ2n) is 34.6. The number of hydrogen-bond donors (Lipinski definition) is 1. The number of carbonyl (C=O) groups is 5. The van der Waals surface area contributed by atoms with Gasteiger partial charge in [-0.2, -0.15) is 0 Å². The summed E-state index contributed by atoms with van der Waals surface area (Å²) < 4.78 is 0. The van der Waals surface area contributed by atoms with Crippen LogP contribution in [0.4, 0.5) is 0 Å². The Morgan fingerprint density at radius 1 is 0.433 bits per heavy atom. The lowest BCUT2D eigenvalue weighted by Gasteiger charge is -2.32. The molecule has 6 heteroatoms. The van der Waals surface area contributed by atoms with E-state index in [1.54, 1.807) is 0 Å². The van der Waals surface area contributed by atoms with Gasteiger partial charge < -0.3 is 5.11 Å². The van der Waals surface area contributed by atoms with Crippen molar-refractivity contribution in [3.8, 4) is 0 Å². The van der Waals surface area contributed by atoms with Gasteiger partial charge in [0.25, 0.3) is 0 Å². The predicted molar refractivity (Wildman–Crippen MR) is 413 cm³/mol. The Hall–Kier alpha value is -9.75. The van der Waals surface area contributed by atoms with Crippen LogP contribution < -0.4 is 0 Å². The number of carbonyl (C=O) groups excluding carboxylic acids is 5. The van der Waals surface area contributed by atoms with Crippen molar-refractivity contribution in [3.05, 3.63) is 335 Å². The molecule has 0 fully saturated rings. The molecule has 512 valence electrons. The maximum absolute atomic E-state index is 14.7. The largest absolute Gasteiger partial charge is 0.388 e. The molecular weight excluding hydrogens is 1270 g/mol. The zero-order chi connectivity index (χ0) is 70.2. The average Bonchev–Trinajstić information content (AvgIpc) is 1.60. The molecule has 21 rings (SSSR count). The molecule has 0 spiro atoms. The van der Waals surface area contributed by atoms with Gasteiger partial charge in [0.15, 0.2) is 28.9 Å². The predicted octanol–water partition coefficient (Wildman–Crippen LogP) is 20.2. The molecule has 6 nitrogen and oxygen atoms in total. The molecule has 17 aliphatic carbocycles. The molecule has 0 saturated heterocycles. The van der Waals surface area contributed by atoms with Gasteiger partial charge in [-0.25, -0.2) is 0 Å². The topological polar surface area (TPSA) is 106 Å². The van der Waals surface area contributed by atoms with Crippen molar-refractivity contribution in [2.75, 3.05) is 0 Å². The van der Waals surface area contributed by atoms with Crippen LogP contribution in [0, 0.1) is 76.4 Å². The van der Waals surface area contributed by atoms with Crippen molar-refractivity contribution in [2.24, 2.45) is 76.4 Å². The highest BCUT2D eigenvalue weighted by atomic mass is 16.3. The molecule has 17 aliphatic rings. The minimum Gasteiger partial charge on any atom is -0.388 e. The number of benzene rings is 4. The SMILES string of the molecule is CC(C)C1C=CC2=C(C1)C(=O)c1cc(C3=CC4C(=O)c5cc(C6=CC7C(=O)C8=C(C=CC(c9ccc%10c(c9)C(=O)C9=C%10C=CC(C%10C=CC%11=C(C%10)C(=O)C%10=C%11CCC(C%11C=CC%12c%13ccc(C%14=CC%15C(O)C%16=C(C=CC(C(C)(C)C)C%16)C%15C=C%14)cc%13CC%12C%11)=C%10)C9)C8)C7C=C6)ccc5C4C=C3)ccc12. The average molecular weight is 1360 g/mol. The molecule has 15 atom stereocenters. The van der Waals surface area contributed by atoms with Crippen LogP contribution in [0.25, 0.3) is 27.9 Å². The molecule has 15 unspecified atom stereocenters. The van der Waals surface area contributed by atoms with E-state index in [0.29, 0.717) is 54.8 Å². The lowest BCUT2D eigenvalue weighted by Crippen LogP contribution is -2.25. The van der Waals surface area contributed by atoms with E-state index in [2.05, 4.69) is 229 Å². The maximum Gasteiger partial charge on any atom is 0.190 e. The fourth-order valence-electron chi connectivity index (χ4n) is 22.1. The molecule has 0 saturated carbocycles. The maximum atomic E-state index is 14.7. The number of rotatable bonds is 7. The fraction of sp³-hybridized carbons (Fsp3) is 0.316. The van der Waals surface area contributed by atoms with Crippen molar-refractivity contribution >= 4 is 56.8 Å². The van der Waals surface area contributed by atoms with Crippen molar-refractivity contribution < 1.29 is 29.1 Å². The molecule has 0 heterocycles. The first kappa shape index (κ1) is 62.8. The summed E-state index contributed by atoms with van der Waals surface area (Å²) in [5, 5.41) is 11.7. The highest BCUT2D eigenvalue weighted by molar-refractivity contribution is 6.24. The summed E-state index contributed by atoms with van der Waals surface area (Å²) in [5.74, 6) is 2.81. The summed E-state index contributed by atoms with van der Waals surface area (Å²) >= 11 is 0. The third-order valence-corrected chi connectivity index (χ3v) is 28.0. The van der Waals surface area contributed by atoms with E-state index in [0.717, 1.165) is 150 Å². The summed E-state index contributed by atoms with van der Waals surface area (Å²) in [6.07, 6.45) is 56.6. The van der Waals surface area contributed by atoms with Gasteiger partial charge in [0, 0.05) is 80.1 Å². The number of fused-ring (bicyclic) bond motifs is 15. The zero-order valence-corrected chi connectivity index (χ0v) is 59.7. The molecule has 0 aliphatic heterocycles. The third-order valence-electron chi connectivity index (χ3n) is 28.0. The molecular formula is C98H84O6. The Bertz CT molecular complexity index is 5440. The molecule has 4 aromatic rings. The second-order valence-corrected chi connectivity index (χ2v) is 34.6. The molecule has 0 bridgehead atoms. The fourth-order valence-corrected chi connectivity index (χ4v) is 22.1. The molecule has 4 aromatic carbocycles. The van der Waals surface area contributed by atoms with Crippen LogP contribution in [0.2, 0.25) is 0 Å². The van der Waals surface area contributed by atoms with Crippen molar-refractivity contribution in [2.45, 2.75) is 116 Å². The van der Waals surface area contributed by atoms with Crippen LogP contribution in [0.3, 0.4) is 0 Å². The summed E-state index contributed by atoms with van der Waals surface area (Å²) in [4.78, 5) is 72.2. The van der Waals surface area contributed by atoms with Gasteiger partial charge in [0.1, 0.15) is 0 Å². The Labute approximate surface area is 609 Å². The first-order valence-corrected chi connectivity index (χ1v) is 38.8. The minimum atomic E-state index is -0.439. The van der Waals surface area contributed by atoms with E-state index in [4.69, 9.17) is 0 Å². The Kier molecular flexibility index (Phi) is 13.8. The quantitative estimate of drug-likeness (QED) is 0.185. The van der Waals surface area contributed by atoms with Gasteiger partial charge >= 0.3 is 0 Å². The van der Waals surface area contributed by atoms with Crippen LogP contribution >= 0.6 is 0 Å². The molecule has 104 heavy (non-hydrogen) atoms. The summed E-state index contributed by atoms with van der Waals surface area (Å²) in [7, 11) is 0. The Morgan fingerprint density at radius 3 is 1.83 bits per heavy atom. The minimum absolute atomic E-state index is 0.0538. The molecule has 0 amide bonds. The highest BCUT2D eigenvalue weighted by Crippen LogP contribution is 2.56. The smallest absolute Gasteiger partial charge is 0.190 e. The van der Waals surface area contributed by atoms with Crippen LogP contribution in [-0.2, 0) is 16.0 Å². The number of aliphatic hydroxyl groups is 1. The number of hydrogen-bond acceptors (Lipinski definition) is 6. The summed E-state index contributed by atoms with van der Waals surface area (Å²) in [6, 6.07) is 25.9. The van der Waals surface area contributed by atoms with E-state index < -0.39 is 6.10 Å². The number of aliphatic hydroxyl groups excluding tert-OH is 1. The standard InChI is InChI=1S/C98H84O6/c1-49(2)50-6-22-68-69-25-11-55(40-82(69)92(99)80(68)37-50)56-13-27-72-73-29-15-59(44-86(73)94(101)84(72)42-56)60-17-31-76-77-32-18-62(47-89(77)96(103)88(76)46-60)61-16-30-75-74-28-14-58(43-85(74)95(102)87(75)45-61)57-12-26-71-70-23-9-53(38-81(70)93(100)83(71)41-57)51-7-20-66-63(34-51)36-64-35-52(8-21-67(64)66)54-10-24-78-79-33-19-65(98(3,4)5)48-91(79)97(104)90(78)39-54/h6-8,10-22,24-33,35,38-40,42,44-46,49-51,57-58,62-63,65-66,72,76,78,84,88,90,97,104H,9,23,34,36-37,41,43,47-48H2,1-5H3. The number of Topliss-reactive ketones (excluding diaryl/α,β-unsaturated/α-hetero) is 5. The zero-order valence-electron chi connectivity index (χ0n) is 59.7. The van der Waals surface area contributed by atoms with Crippen LogP contribution in [0.1, 0.15) is 185 Å². The highest BCUT2D eigenvalue weighted by Gasteiger charge is 2.48. The van der Waals surface area contributed by atoms with E-state index in [-0.39, 0.29) is 87.6 Å². The summed E-state index contributed by atoms with van der Waals surface area (Å²) in [5.41, 5.74) is 29.5. The first-order valence-electron chi connectivity index (χ1n) is 38.8. The third kappa shape index (κ3) is 9.37. The lowest BCUT2D eigenvalue weighted by atomic mass is 9.74. The normalized spacial score (nSPS) is 32.3. The van der Waals surface area contributed by atoms with E-state index in [1.165, 1.54) is 44.6 Å². The van der Waals surface area contributed by atoms with Gasteiger partial charge in [0.2, 0.25) is 0 Å². The Balaban J connectivity index is 0.441. The van der Waals surface area contributed by atoms with Gasteiger partial charge in [-0.1, -0.05) is 228 Å². The van der Waals surface area contributed by atoms with Crippen molar-refractivity contribution in [3.63, 3.8) is 0 Å². The van der Waals surface area contributed by atoms with Gasteiger partial charge in [-0.3, -0.25) is 24.0 Å². The van der Waals surface area contributed by atoms with Crippen LogP contribution in [0.15, 0.2) is 268 Å². The second kappa shape index (κ2) is 22.9. The summed E-state index contributed by atoms with van der Waals surface area (Å²) in [6.45, 7) is 11.3. The monoisotopic (exact) mass is 1360 g/mol. The van der Waals surface area contributed by atoms with E-state index in [9.17, 15) is 29.1 Å². The molecule has 1 N–H and O–H groups in total. The van der Waals surface area contributed by atoms with Gasteiger partial charge in [-0.15, -0.1) is 0 Å². The Morgan fingerprint density at radius 2 is 1.07 bits per heavy atom. The van der Waals surface area contributed by atoms with E-state index >= 15 is 0 Å². The first-order chi connectivity index (χ1) is 50.4. The van der Waals surface area contributed by atoms with Crippen LogP contribution in [-0.4, -0.2) is 40.1 Å². The van der Waals surface area contributed by atoms with Crippen molar-refractivity contribution in [1.29, 1.82) is 0 Å². The molecule has 0 aromatic heterocycles. The van der Waals surface area contributed by atoms with Crippen LogP contribution in [0.5, 0.6) is 0 Å². The van der Waals surface area contributed by atoms with Gasteiger partial charge in [-0.05, 0) is 229 Å². The van der Waals surface area contributed by atoms with E-state index in [1.807, 2.05) is 12.1 Å². The molecule has 0 radical (unpaired) electrons. The van der Waals surface area contributed by atoms with Crippen molar-refractivity contribution in [1.82, 2.24) is 0 Å².